The Hall–Kier alpha value is -1.86. The van der Waals surface area contributed by atoms with E-state index < -0.39 is 0 Å². The Morgan fingerprint density at radius 1 is 1.43 bits per heavy atom. The molecule has 1 unspecified atom stereocenters. The molecule has 1 atom stereocenters. The van der Waals surface area contributed by atoms with Gasteiger partial charge in [0.25, 0.3) is 0 Å². The van der Waals surface area contributed by atoms with Crippen molar-refractivity contribution >= 4 is 11.6 Å². The number of nitrogens with zero attached hydrogens (tertiary/aromatic N) is 2. The number of carbonyl (C=O) groups excluding carboxylic acids is 1. The molecule has 0 aliphatic carbocycles. The molecule has 1 amide bonds. The van der Waals surface area contributed by atoms with Gasteiger partial charge in [0.05, 0.1) is 17.8 Å². The molecule has 21 heavy (non-hydrogen) atoms. The minimum absolute atomic E-state index is 0.0271. The fourth-order valence-corrected chi connectivity index (χ4v) is 2.99. The lowest BCUT2D eigenvalue weighted by atomic mass is 9.98. The van der Waals surface area contributed by atoms with Gasteiger partial charge in [-0.2, -0.15) is 5.26 Å². The lowest BCUT2D eigenvalue weighted by Gasteiger charge is -2.35. The molecule has 1 aliphatic rings. The molecule has 112 valence electrons. The molecule has 4 heteroatoms. The summed E-state index contributed by atoms with van der Waals surface area (Å²) in [5.41, 5.74) is 1.11. The smallest absolute Gasteiger partial charge is 0.238 e. The van der Waals surface area contributed by atoms with Crippen LogP contribution in [-0.4, -0.2) is 29.9 Å². The van der Waals surface area contributed by atoms with E-state index in [1.54, 1.807) is 18.2 Å². The largest absolute Gasteiger partial charge is 0.324 e. The summed E-state index contributed by atoms with van der Waals surface area (Å²) in [6.45, 7) is 3.61. The normalized spacial score (nSPS) is 19.0. The molecule has 1 aromatic rings. The van der Waals surface area contributed by atoms with Gasteiger partial charge in [0.15, 0.2) is 0 Å². The summed E-state index contributed by atoms with van der Waals surface area (Å²) in [5.74, 6) is -0.0271. The Balaban J connectivity index is 1.96. The molecule has 0 saturated carbocycles. The topological polar surface area (TPSA) is 56.1 Å². The Morgan fingerprint density at radius 3 is 3.00 bits per heavy atom. The molecule has 1 saturated heterocycles. The van der Waals surface area contributed by atoms with E-state index in [1.807, 2.05) is 6.07 Å². The van der Waals surface area contributed by atoms with Crippen molar-refractivity contribution in [1.82, 2.24) is 4.90 Å². The van der Waals surface area contributed by atoms with Crippen molar-refractivity contribution in [1.29, 1.82) is 5.26 Å². The van der Waals surface area contributed by atoms with Crippen molar-refractivity contribution in [3.8, 4) is 6.07 Å². The van der Waals surface area contributed by atoms with Crippen molar-refractivity contribution in [3.05, 3.63) is 29.8 Å². The molecule has 2 rings (SSSR count). The van der Waals surface area contributed by atoms with Gasteiger partial charge in [0, 0.05) is 6.04 Å². The second kappa shape index (κ2) is 7.80. The molecule has 1 N–H and O–H groups in total. The third-order valence-electron chi connectivity index (χ3n) is 4.04. The minimum Gasteiger partial charge on any atom is -0.324 e. The zero-order chi connectivity index (χ0) is 15.1. The molecule has 1 aliphatic heterocycles. The highest BCUT2D eigenvalue weighted by molar-refractivity contribution is 5.93. The highest BCUT2D eigenvalue weighted by Crippen LogP contribution is 2.21. The van der Waals surface area contributed by atoms with E-state index in [4.69, 9.17) is 5.26 Å². The molecule has 1 aromatic carbocycles. The zero-order valence-electron chi connectivity index (χ0n) is 12.6. The Bertz CT molecular complexity index is 519. The van der Waals surface area contributed by atoms with E-state index >= 15 is 0 Å². The number of hydrogen-bond donors (Lipinski definition) is 1. The quantitative estimate of drug-likeness (QED) is 0.904. The zero-order valence-corrected chi connectivity index (χ0v) is 12.6. The maximum Gasteiger partial charge on any atom is 0.238 e. The van der Waals surface area contributed by atoms with E-state index in [2.05, 4.69) is 23.2 Å². The van der Waals surface area contributed by atoms with Gasteiger partial charge in [-0.05, 0) is 37.9 Å². The molecule has 0 bridgehead atoms. The average Bonchev–Trinajstić information content (AvgIpc) is 2.50. The van der Waals surface area contributed by atoms with Crippen molar-refractivity contribution in [2.45, 2.75) is 45.1 Å². The second-order valence-electron chi connectivity index (χ2n) is 5.61. The molecule has 0 spiro atoms. The maximum absolute atomic E-state index is 12.2. The number of rotatable bonds is 5. The maximum atomic E-state index is 12.2. The van der Waals surface area contributed by atoms with Gasteiger partial charge in [0.2, 0.25) is 5.91 Å². The van der Waals surface area contributed by atoms with E-state index in [0.29, 0.717) is 23.8 Å². The number of para-hydroxylation sites is 1. The van der Waals surface area contributed by atoms with Crippen LogP contribution < -0.4 is 5.32 Å². The van der Waals surface area contributed by atoms with Crippen LogP contribution in [0.25, 0.3) is 0 Å². The monoisotopic (exact) mass is 285 g/mol. The summed E-state index contributed by atoms with van der Waals surface area (Å²) < 4.78 is 0. The first-order chi connectivity index (χ1) is 10.2. The molecular weight excluding hydrogens is 262 g/mol. The first-order valence-electron chi connectivity index (χ1n) is 7.77. The lowest BCUT2D eigenvalue weighted by molar-refractivity contribution is -0.118. The fourth-order valence-electron chi connectivity index (χ4n) is 2.99. The highest BCUT2D eigenvalue weighted by Gasteiger charge is 2.23. The number of piperidine rings is 1. The Labute approximate surface area is 126 Å². The van der Waals surface area contributed by atoms with E-state index in [-0.39, 0.29) is 5.91 Å². The fraction of sp³-hybridized carbons (Fsp3) is 0.529. The van der Waals surface area contributed by atoms with Crippen LogP contribution in [-0.2, 0) is 4.79 Å². The van der Waals surface area contributed by atoms with Crippen molar-refractivity contribution in [2.75, 3.05) is 18.4 Å². The van der Waals surface area contributed by atoms with Crippen LogP contribution in [0.3, 0.4) is 0 Å². The third kappa shape index (κ3) is 4.30. The van der Waals surface area contributed by atoms with E-state index in [9.17, 15) is 4.79 Å². The van der Waals surface area contributed by atoms with Crippen LogP contribution in [0.15, 0.2) is 24.3 Å². The SMILES string of the molecule is CCCC1CCCCN1CC(=O)Nc1ccccc1C#N. The summed E-state index contributed by atoms with van der Waals surface area (Å²) in [7, 11) is 0. The number of hydrogen-bond acceptors (Lipinski definition) is 3. The Kier molecular flexibility index (Phi) is 5.77. The summed E-state index contributed by atoms with van der Waals surface area (Å²) in [6.07, 6.45) is 5.93. The number of nitriles is 1. The second-order valence-corrected chi connectivity index (χ2v) is 5.61. The van der Waals surface area contributed by atoms with E-state index in [0.717, 1.165) is 19.4 Å². The van der Waals surface area contributed by atoms with Gasteiger partial charge in [-0.1, -0.05) is 31.9 Å². The molecule has 1 fully saturated rings. The predicted molar refractivity (Wildman–Crippen MR) is 83.9 cm³/mol. The lowest BCUT2D eigenvalue weighted by Crippen LogP contribution is -2.43. The first-order valence-corrected chi connectivity index (χ1v) is 7.77. The molecular formula is C17H23N3O. The van der Waals surface area contributed by atoms with Crippen molar-refractivity contribution in [3.63, 3.8) is 0 Å². The summed E-state index contributed by atoms with van der Waals surface area (Å²) >= 11 is 0. The number of nitrogens with one attached hydrogen (secondary N) is 1. The standard InChI is InChI=1S/C17H23N3O/c1-2-7-15-9-5-6-11-20(15)13-17(21)19-16-10-4-3-8-14(16)12-18/h3-4,8,10,15H,2,5-7,9,11,13H2,1H3,(H,19,21). The predicted octanol–water partition coefficient (Wildman–Crippen LogP) is 3.15. The molecule has 0 radical (unpaired) electrons. The number of amides is 1. The van der Waals surface area contributed by atoms with E-state index in [1.165, 1.54) is 19.3 Å². The average molecular weight is 285 g/mol. The number of benzene rings is 1. The first kappa shape index (κ1) is 15.5. The summed E-state index contributed by atoms with van der Waals surface area (Å²) in [5, 5.41) is 11.9. The van der Waals surface area contributed by atoms with Crippen LogP contribution in [0, 0.1) is 11.3 Å². The summed E-state index contributed by atoms with van der Waals surface area (Å²) in [6, 6.07) is 9.76. The Morgan fingerprint density at radius 2 is 2.24 bits per heavy atom. The van der Waals surface area contributed by atoms with Gasteiger partial charge in [-0.15, -0.1) is 0 Å². The van der Waals surface area contributed by atoms with Gasteiger partial charge >= 0.3 is 0 Å². The van der Waals surface area contributed by atoms with Gasteiger partial charge in [0.1, 0.15) is 6.07 Å². The third-order valence-corrected chi connectivity index (χ3v) is 4.04. The number of anilines is 1. The van der Waals surface area contributed by atoms with Crippen LogP contribution >= 0.6 is 0 Å². The summed E-state index contributed by atoms with van der Waals surface area (Å²) in [4.78, 5) is 14.5. The highest BCUT2D eigenvalue weighted by atomic mass is 16.2. The number of likely N-dealkylation sites (tertiary alicyclic amines) is 1. The van der Waals surface area contributed by atoms with Crippen LogP contribution in [0.2, 0.25) is 0 Å². The van der Waals surface area contributed by atoms with Crippen molar-refractivity contribution in [2.24, 2.45) is 0 Å². The van der Waals surface area contributed by atoms with Crippen LogP contribution in [0.1, 0.15) is 44.6 Å². The molecule has 4 nitrogen and oxygen atoms in total. The number of carbonyl (C=O) groups is 1. The van der Waals surface area contributed by atoms with Gasteiger partial charge < -0.3 is 5.32 Å². The van der Waals surface area contributed by atoms with Gasteiger partial charge in [-0.25, -0.2) is 0 Å². The van der Waals surface area contributed by atoms with Crippen LogP contribution in [0.5, 0.6) is 0 Å². The van der Waals surface area contributed by atoms with Crippen LogP contribution in [0.4, 0.5) is 5.69 Å². The van der Waals surface area contributed by atoms with Gasteiger partial charge in [-0.3, -0.25) is 9.69 Å². The van der Waals surface area contributed by atoms with Crippen molar-refractivity contribution < 1.29 is 4.79 Å². The molecule has 0 aromatic heterocycles. The molecule has 1 heterocycles. The minimum atomic E-state index is -0.0271.